The third-order valence-electron chi connectivity index (χ3n) is 2.04. The van der Waals surface area contributed by atoms with Gasteiger partial charge in [-0.05, 0) is 17.7 Å². The zero-order valence-electron chi connectivity index (χ0n) is 8.77. The number of carboxylic acids is 1. The van der Waals surface area contributed by atoms with E-state index in [4.69, 9.17) is 10.8 Å². The number of nitrogens with one attached hydrogen (secondary N) is 1. The molecule has 0 unspecified atom stereocenters. The molecular weight excluding hydrogens is 208 g/mol. The zero-order chi connectivity index (χ0) is 12.0. The van der Waals surface area contributed by atoms with E-state index < -0.39 is 5.97 Å². The van der Waals surface area contributed by atoms with E-state index in [0.717, 1.165) is 5.56 Å². The molecule has 0 atom stereocenters. The van der Waals surface area contributed by atoms with Crippen LogP contribution >= 0.6 is 0 Å². The summed E-state index contributed by atoms with van der Waals surface area (Å²) in [7, 11) is 0. The number of carbonyl (C=O) groups excluding carboxylic acids is 1. The number of anilines is 1. The molecule has 1 aromatic carbocycles. The van der Waals surface area contributed by atoms with Crippen LogP contribution in [0.2, 0.25) is 0 Å². The summed E-state index contributed by atoms with van der Waals surface area (Å²) in [6, 6.07) is 7.10. The quantitative estimate of drug-likeness (QED) is 0.691. The molecule has 0 heterocycles. The van der Waals surface area contributed by atoms with Crippen molar-refractivity contribution < 1.29 is 14.7 Å². The summed E-state index contributed by atoms with van der Waals surface area (Å²) in [4.78, 5) is 21.5. The number of hydrogen-bond donors (Lipinski definition) is 3. The fraction of sp³-hybridized carbons (Fsp3) is 0.273. The standard InChI is InChI=1S/C11H14N2O3/c12-7-8-1-3-9(4-2-8)13-10(14)5-6-11(15)16/h1-4H,5-7,12H2,(H,13,14)(H,15,16). The Morgan fingerprint density at radius 2 is 1.81 bits per heavy atom. The van der Waals surface area contributed by atoms with Crippen LogP contribution in [-0.2, 0) is 16.1 Å². The van der Waals surface area contributed by atoms with E-state index in [9.17, 15) is 9.59 Å². The lowest BCUT2D eigenvalue weighted by Crippen LogP contribution is -2.13. The van der Waals surface area contributed by atoms with Crippen LogP contribution in [0.3, 0.4) is 0 Å². The Kier molecular flexibility index (Phi) is 4.47. The predicted molar refractivity (Wildman–Crippen MR) is 59.8 cm³/mol. The fourth-order valence-electron chi connectivity index (χ4n) is 1.17. The maximum atomic E-state index is 11.3. The fourth-order valence-corrected chi connectivity index (χ4v) is 1.17. The number of benzene rings is 1. The molecule has 0 spiro atoms. The van der Waals surface area contributed by atoms with Gasteiger partial charge in [0.25, 0.3) is 0 Å². The normalized spacial score (nSPS) is 9.81. The highest BCUT2D eigenvalue weighted by Gasteiger charge is 2.05. The summed E-state index contributed by atoms with van der Waals surface area (Å²) >= 11 is 0. The van der Waals surface area contributed by atoms with Gasteiger partial charge in [0.15, 0.2) is 0 Å². The summed E-state index contributed by atoms with van der Waals surface area (Å²) in [6.45, 7) is 0.452. The molecule has 0 radical (unpaired) electrons. The van der Waals surface area contributed by atoms with Gasteiger partial charge in [0.2, 0.25) is 5.91 Å². The van der Waals surface area contributed by atoms with Crippen LogP contribution in [0.25, 0.3) is 0 Å². The zero-order valence-corrected chi connectivity index (χ0v) is 8.77. The number of hydrogen-bond acceptors (Lipinski definition) is 3. The summed E-state index contributed by atoms with van der Waals surface area (Å²) < 4.78 is 0. The van der Waals surface area contributed by atoms with E-state index in [0.29, 0.717) is 12.2 Å². The molecule has 5 nitrogen and oxygen atoms in total. The lowest BCUT2D eigenvalue weighted by atomic mass is 10.2. The number of amides is 1. The van der Waals surface area contributed by atoms with E-state index >= 15 is 0 Å². The van der Waals surface area contributed by atoms with Crippen molar-refractivity contribution in [2.75, 3.05) is 5.32 Å². The monoisotopic (exact) mass is 222 g/mol. The van der Waals surface area contributed by atoms with Crippen LogP contribution < -0.4 is 11.1 Å². The van der Waals surface area contributed by atoms with Gasteiger partial charge in [-0.1, -0.05) is 12.1 Å². The lowest BCUT2D eigenvalue weighted by Gasteiger charge is -2.04. The first-order valence-corrected chi connectivity index (χ1v) is 4.92. The van der Waals surface area contributed by atoms with Crippen LogP contribution in [0.15, 0.2) is 24.3 Å². The topological polar surface area (TPSA) is 92.4 Å². The summed E-state index contributed by atoms with van der Waals surface area (Å²) in [5.41, 5.74) is 7.05. The van der Waals surface area contributed by atoms with Crippen molar-refractivity contribution in [3.05, 3.63) is 29.8 Å². The van der Waals surface area contributed by atoms with Gasteiger partial charge in [-0.15, -0.1) is 0 Å². The van der Waals surface area contributed by atoms with Gasteiger partial charge in [0.1, 0.15) is 0 Å². The maximum Gasteiger partial charge on any atom is 0.303 e. The Morgan fingerprint density at radius 3 is 2.31 bits per heavy atom. The molecular formula is C11H14N2O3. The molecule has 4 N–H and O–H groups in total. The first-order valence-electron chi connectivity index (χ1n) is 4.92. The number of aliphatic carboxylic acids is 1. The molecule has 0 bridgehead atoms. The third-order valence-corrected chi connectivity index (χ3v) is 2.04. The summed E-state index contributed by atoms with van der Waals surface area (Å²) in [5, 5.41) is 11.0. The van der Waals surface area contributed by atoms with E-state index in [1.807, 2.05) is 12.1 Å². The van der Waals surface area contributed by atoms with Gasteiger partial charge < -0.3 is 16.2 Å². The van der Waals surface area contributed by atoms with Gasteiger partial charge >= 0.3 is 5.97 Å². The Labute approximate surface area is 93.3 Å². The second kappa shape index (κ2) is 5.87. The Hall–Kier alpha value is -1.88. The molecule has 1 amide bonds. The maximum absolute atomic E-state index is 11.3. The van der Waals surface area contributed by atoms with Gasteiger partial charge in [-0.2, -0.15) is 0 Å². The van der Waals surface area contributed by atoms with Gasteiger partial charge in [0, 0.05) is 18.7 Å². The van der Waals surface area contributed by atoms with E-state index in [2.05, 4.69) is 5.32 Å². The molecule has 0 aliphatic heterocycles. The first-order chi connectivity index (χ1) is 7.61. The van der Waals surface area contributed by atoms with Crippen LogP contribution in [0.4, 0.5) is 5.69 Å². The minimum atomic E-state index is -0.978. The van der Waals surface area contributed by atoms with Crippen molar-refractivity contribution in [3.8, 4) is 0 Å². The summed E-state index contributed by atoms with van der Waals surface area (Å²) in [5.74, 6) is -1.28. The first kappa shape index (κ1) is 12.2. The average molecular weight is 222 g/mol. The van der Waals surface area contributed by atoms with E-state index in [1.54, 1.807) is 12.1 Å². The smallest absolute Gasteiger partial charge is 0.303 e. The summed E-state index contributed by atoms with van der Waals surface area (Å²) in [6.07, 6.45) is -0.180. The molecule has 1 aromatic rings. The molecule has 0 aliphatic rings. The van der Waals surface area contributed by atoms with Crippen LogP contribution in [0.1, 0.15) is 18.4 Å². The molecule has 0 fully saturated rings. The highest BCUT2D eigenvalue weighted by Crippen LogP contribution is 2.09. The van der Waals surface area contributed by atoms with Crippen LogP contribution in [-0.4, -0.2) is 17.0 Å². The molecule has 0 aliphatic carbocycles. The van der Waals surface area contributed by atoms with Crippen LogP contribution in [0, 0.1) is 0 Å². The molecule has 0 aromatic heterocycles. The molecule has 86 valence electrons. The highest BCUT2D eigenvalue weighted by molar-refractivity contribution is 5.92. The van der Waals surface area contributed by atoms with Crippen molar-refractivity contribution >= 4 is 17.6 Å². The second-order valence-electron chi connectivity index (χ2n) is 3.34. The van der Waals surface area contributed by atoms with E-state index in [-0.39, 0.29) is 18.7 Å². The van der Waals surface area contributed by atoms with Crippen molar-refractivity contribution in [1.29, 1.82) is 0 Å². The Balaban J connectivity index is 2.46. The minimum absolute atomic E-state index is 0.0199. The van der Waals surface area contributed by atoms with Crippen molar-refractivity contribution in [2.24, 2.45) is 5.73 Å². The van der Waals surface area contributed by atoms with Crippen LogP contribution in [0.5, 0.6) is 0 Å². The van der Waals surface area contributed by atoms with E-state index in [1.165, 1.54) is 0 Å². The average Bonchev–Trinajstić information content (AvgIpc) is 2.27. The third kappa shape index (κ3) is 4.10. The predicted octanol–water partition coefficient (Wildman–Crippen LogP) is 0.949. The molecule has 1 rings (SSSR count). The Bertz CT molecular complexity index is 373. The molecule has 0 saturated carbocycles. The molecule has 16 heavy (non-hydrogen) atoms. The van der Waals surface area contributed by atoms with Gasteiger partial charge in [-0.3, -0.25) is 9.59 Å². The molecule has 0 saturated heterocycles. The largest absolute Gasteiger partial charge is 0.481 e. The SMILES string of the molecule is NCc1ccc(NC(=O)CCC(=O)O)cc1. The number of rotatable bonds is 5. The number of carbonyl (C=O) groups is 2. The minimum Gasteiger partial charge on any atom is -0.481 e. The van der Waals surface area contributed by atoms with Crippen molar-refractivity contribution in [3.63, 3.8) is 0 Å². The van der Waals surface area contributed by atoms with Gasteiger partial charge in [0.05, 0.1) is 6.42 Å². The Morgan fingerprint density at radius 1 is 1.19 bits per heavy atom. The number of carboxylic acid groups (broad SMARTS) is 1. The van der Waals surface area contributed by atoms with Crippen molar-refractivity contribution in [1.82, 2.24) is 0 Å². The number of nitrogens with two attached hydrogens (primary N) is 1. The molecule has 5 heteroatoms. The second-order valence-corrected chi connectivity index (χ2v) is 3.34. The van der Waals surface area contributed by atoms with Gasteiger partial charge in [-0.25, -0.2) is 0 Å². The van der Waals surface area contributed by atoms with Crippen molar-refractivity contribution in [2.45, 2.75) is 19.4 Å². The lowest BCUT2D eigenvalue weighted by molar-refractivity contribution is -0.138. The highest BCUT2D eigenvalue weighted by atomic mass is 16.4.